The minimum absolute atomic E-state index is 0.0848. The lowest BCUT2D eigenvalue weighted by atomic mass is 10.2. The number of nitrogens with one attached hydrogen (secondary N) is 2. The van der Waals surface area contributed by atoms with E-state index >= 15 is 0 Å². The molecule has 7 heteroatoms. The third-order valence-corrected chi connectivity index (χ3v) is 5.53. The van der Waals surface area contributed by atoms with E-state index in [0.717, 1.165) is 23.4 Å². The van der Waals surface area contributed by atoms with E-state index < -0.39 is 0 Å². The molecular formula is C21H24N2O4S. The molecule has 2 aromatic carbocycles. The molecular weight excluding hydrogens is 376 g/mol. The Morgan fingerprint density at radius 2 is 1.75 bits per heavy atom. The molecule has 2 N–H and O–H groups in total. The van der Waals surface area contributed by atoms with Crippen molar-refractivity contribution in [2.24, 2.45) is 5.92 Å². The van der Waals surface area contributed by atoms with Crippen LogP contribution in [-0.2, 0) is 9.59 Å². The highest BCUT2D eigenvalue weighted by atomic mass is 32.2. The predicted molar refractivity (Wildman–Crippen MR) is 111 cm³/mol. The molecule has 2 aromatic rings. The van der Waals surface area contributed by atoms with Gasteiger partial charge < -0.3 is 20.1 Å². The molecule has 0 saturated heterocycles. The number of hydrogen-bond acceptors (Lipinski definition) is 5. The van der Waals surface area contributed by atoms with Crippen molar-refractivity contribution in [3.8, 4) is 11.5 Å². The Bertz CT molecular complexity index is 850. The molecule has 6 nitrogen and oxygen atoms in total. The van der Waals surface area contributed by atoms with Gasteiger partial charge in [-0.1, -0.05) is 0 Å². The van der Waals surface area contributed by atoms with Crippen molar-refractivity contribution in [1.29, 1.82) is 0 Å². The molecule has 28 heavy (non-hydrogen) atoms. The summed E-state index contributed by atoms with van der Waals surface area (Å²) >= 11 is 1.45. The summed E-state index contributed by atoms with van der Waals surface area (Å²) in [5.41, 5.74) is 1.38. The van der Waals surface area contributed by atoms with Crippen molar-refractivity contribution < 1.29 is 19.1 Å². The van der Waals surface area contributed by atoms with Crippen LogP contribution in [0.4, 0.5) is 11.4 Å². The number of carbonyl (C=O) groups is 2. The molecule has 0 aromatic heterocycles. The van der Waals surface area contributed by atoms with Crippen LogP contribution in [0.1, 0.15) is 19.8 Å². The van der Waals surface area contributed by atoms with Gasteiger partial charge in [-0.05, 0) is 56.2 Å². The van der Waals surface area contributed by atoms with Crippen LogP contribution in [-0.4, -0.2) is 31.3 Å². The van der Waals surface area contributed by atoms with Gasteiger partial charge in [0.2, 0.25) is 11.8 Å². The molecule has 1 aliphatic carbocycles. The standard InChI is InChI=1S/C21H24N2O4S/c1-13(20(24)23-18-11-8-16(26-2)12-19(18)27-3)28-17-9-6-15(7-10-17)22-21(25)14-4-5-14/h6-14H,4-5H2,1-3H3,(H,22,25)(H,23,24). The SMILES string of the molecule is COc1ccc(NC(=O)C(C)Sc2ccc(NC(=O)C3CC3)cc2)c(OC)c1. The second kappa shape index (κ2) is 9.01. The van der Waals surface area contributed by atoms with Crippen LogP contribution in [0, 0.1) is 5.92 Å². The molecule has 0 radical (unpaired) electrons. The zero-order valence-corrected chi connectivity index (χ0v) is 17.0. The summed E-state index contributed by atoms with van der Waals surface area (Å²) in [5.74, 6) is 1.33. The fourth-order valence-electron chi connectivity index (χ4n) is 2.60. The number of amides is 2. The normalized spacial score (nSPS) is 14.1. The molecule has 1 unspecified atom stereocenters. The van der Waals surface area contributed by atoms with Crippen LogP contribution in [0.25, 0.3) is 0 Å². The second-order valence-electron chi connectivity index (χ2n) is 6.60. The van der Waals surface area contributed by atoms with Crippen LogP contribution < -0.4 is 20.1 Å². The molecule has 0 spiro atoms. The maximum Gasteiger partial charge on any atom is 0.237 e. The van der Waals surface area contributed by atoms with E-state index in [1.165, 1.54) is 11.8 Å². The molecule has 0 heterocycles. The van der Waals surface area contributed by atoms with Crippen molar-refractivity contribution in [3.63, 3.8) is 0 Å². The smallest absolute Gasteiger partial charge is 0.237 e. The van der Waals surface area contributed by atoms with Gasteiger partial charge in [-0.3, -0.25) is 9.59 Å². The van der Waals surface area contributed by atoms with Crippen molar-refractivity contribution in [3.05, 3.63) is 42.5 Å². The van der Waals surface area contributed by atoms with Gasteiger partial charge in [-0.2, -0.15) is 0 Å². The number of rotatable bonds is 8. The lowest BCUT2D eigenvalue weighted by molar-refractivity contribution is -0.117. The molecule has 3 rings (SSSR count). The highest BCUT2D eigenvalue weighted by Gasteiger charge is 2.29. The maximum atomic E-state index is 12.6. The topological polar surface area (TPSA) is 76.7 Å². The summed E-state index contributed by atoms with van der Waals surface area (Å²) in [6.07, 6.45) is 1.96. The number of ether oxygens (including phenoxy) is 2. The van der Waals surface area contributed by atoms with E-state index in [4.69, 9.17) is 9.47 Å². The maximum absolute atomic E-state index is 12.6. The molecule has 1 atom stereocenters. The minimum Gasteiger partial charge on any atom is -0.497 e. The van der Waals surface area contributed by atoms with Crippen LogP contribution in [0.15, 0.2) is 47.4 Å². The van der Waals surface area contributed by atoms with Crippen molar-refractivity contribution in [2.45, 2.75) is 29.9 Å². The Morgan fingerprint density at radius 3 is 2.36 bits per heavy atom. The third kappa shape index (κ3) is 5.19. The minimum atomic E-state index is -0.307. The lowest BCUT2D eigenvalue weighted by Gasteiger charge is -2.15. The largest absolute Gasteiger partial charge is 0.497 e. The number of anilines is 2. The van der Waals surface area contributed by atoms with Crippen LogP contribution in [0.5, 0.6) is 11.5 Å². The van der Waals surface area contributed by atoms with Gasteiger partial charge >= 0.3 is 0 Å². The van der Waals surface area contributed by atoms with Crippen LogP contribution in [0.3, 0.4) is 0 Å². The quantitative estimate of drug-likeness (QED) is 0.651. The fourth-order valence-corrected chi connectivity index (χ4v) is 3.47. The number of hydrogen-bond donors (Lipinski definition) is 2. The monoisotopic (exact) mass is 400 g/mol. The zero-order chi connectivity index (χ0) is 20.1. The highest BCUT2D eigenvalue weighted by Crippen LogP contribution is 2.32. The Balaban J connectivity index is 1.57. The number of thioether (sulfide) groups is 1. The summed E-state index contributed by atoms with van der Waals surface area (Å²) in [5, 5.41) is 5.50. The number of methoxy groups -OCH3 is 2. The predicted octanol–water partition coefficient (Wildman–Crippen LogP) is 4.17. The first kappa shape index (κ1) is 20.1. The highest BCUT2D eigenvalue weighted by molar-refractivity contribution is 8.00. The Morgan fingerprint density at radius 1 is 1.04 bits per heavy atom. The van der Waals surface area contributed by atoms with E-state index in [9.17, 15) is 9.59 Å². The molecule has 1 saturated carbocycles. The molecule has 1 fully saturated rings. The summed E-state index contributed by atoms with van der Waals surface area (Å²) in [6, 6.07) is 12.8. The average Bonchev–Trinajstić information content (AvgIpc) is 3.55. The Kier molecular flexibility index (Phi) is 6.46. The molecule has 148 valence electrons. The van der Waals surface area contributed by atoms with Gasteiger partial charge in [-0.15, -0.1) is 11.8 Å². The summed E-state index contributed by atoms with van der Waals surface area (Å²) in [7, 11) is 3.13. The summed E-state index contributed by atoms with van der Waals surface area (Å²) in [4.78, 5) is 25.3. The first-order valence-corrected chi connectivity index (χ1v) is 9.98. The van der Waals surface area contributed by atoms with Crippen LogP contribution in [0.2, 0.25) is 0 Å². The summed E-state index contributed by atoms with van der Waals surface area (Å²) in [6.45, 7) is 1.85. The zero-order valence-electron chi connectivity index (χ0n) is 16.2. The third-order valence-electron chi connectivity index (χ3n) is 4.42. The van der Waals surface area contributed by atoms with Crippen LogP contribution >= 0.6 is 11.8 Å². The van der Waals surface area contributed by atoms with E-state index in [-0.39, 0.29) is 23.0 Å². The molecule has 1 aliphatic rings. The van der Waals surface area contributed by atoms with Gasteiger partial charge in [0.15, 0.2) is 0 Å². The van der Waals surface area contributed by atoms with Gasteiger partial charge in [0, 0.05) is 22.6 Å². The van der Waals surface area contributed by atoms with E-state index in [1.807, 2.05) is 31.2 Å². The first-order valence-electron chi connectivity index (χ1n) is 9.10. The lowest BCUT2D eigenvalue weighted by Crippen LogP contribution is -2.22. The van der Waals surface area contributed by atoms with Crippen molar-refractivity contribution in [2.75, 3.05) is 24.9 Å². The van der Waals surface area contributed by atoms with Gasteiger partial charge in [0.05, 0.1) is 25.2 Å². The summed E-state index contributed by atoms with van der Waals surface area (Å²) < 4.78 is 10.5. The molecule has 2 amide bonds. The van der Waals surface area contributed by atoms with Crippen molar-refractivity contribution in [1.82, 2.24) is 0 Å². The van der Waals surface area contributed by atoms with E-state index in [2.05, 4.69) is 10.6 Å². The number of carbonyl (C=O) groups excluding carboxylic acids is 2. The van der Waals surface area contributed by atoms with Gasteiger partial charge in [0.25, 0.3) is 0 Å². The van der Waals surface area contributed by atoms with Crippen molar-refractivity contribution >= 4 is 35.0 Å². The Hall–Kier alpha value is -2.67. The molecule has 0 bridgehead atoms. The van der Waals surface area contributed by atoms with Gasteiger partial charge in [-0.25, -0.2) is 0 Å². The first-order chi connectivity index (χ1) is 13.5. The van der Waals surface area contributed by atoms with E-state index in [0.29, 0.717) is 17.2 Å². The Labute approximate surface area is 169 Å². The fraction of sp³-hybridized carbons (Fsp3) is 0.333. The van der Waals surface area contributed by atoms with Gasteiger partial charge in [0.1, 0.15) is 11.5 Å². The van der Waals surface area contributed by atoms with E-state index in [1.54, 1.807) is 32.4 Å². The average molecular weight is 401 g/mol. The number of benzene rings is 2. The molecule has 0 aliphatic heterocycles. The second-order valence-corrected chi connectivity index (χ2v) is 8.02.